The number of urea groups is 1. The van der Waals surface area contributed by atoms with Crippen molar-refractivity contribution in [3.63, 3.8) is 0 Å². The molecule has 1 atom stereocenters. The molecule has 2 amide bonds. The summed E-state index contributed by atoms with van der Waals surface area (Å²) in [6.45, 7) is 2.02. The highest BCUT2D eigenvalue weighted by atomic mass is 32.1. The number of nitrogens with one attached hydrogen (secondary N) is 1. The Bertz CT molecular complexity index is 621. The number of hydrogen-bond acceptors (Lipinski definition) is 4. The smallest absolute Gasteiger partial charge is 0.317 e. The van der Waals surface area contributed by atoms with Crippen LogP contribution in [0.4, 0.5) is 4.79 Å². The molecule has 0 saturated carbocycles. The van der Waals surface area contributed by atoms with Gasteiger partial charge in [-0.15, -0.1) is 11.3 Å². The van der Waals surface area contributed by atoms with Crippen LogP contribution in [-0.2, 0) is 13.0 Å². The fourth-order valence-electron chi connectivity index (χ4n) is 2.74. The van der Waals surface area contributed by atoms with Crippen LogP contribution in [0.15, 0.2) is 34.3 Å². The van der Waals surface area contributed by atoms with E-state index in [1.54, 1.807) is 17.6 Å². The number of hydrogen-bond donors (Lipinski definition) is 1. The molecule has 0 aromatic carbocycles. The van der Waals surface area contributed by atoms with Crippen molar-refractivity contribution in [2.75, 3.05) is 27.2 Å². The van der Waals surface area contributed by atoms with E-state index >= 15 is 0 Å². The van der Waals surface area contributed by atoms with Gasteiger partial charge in [-0.3, -0.25) is 4.90 Å². The number of thiophene rings is 1. The zero-order valence-corrected chi connectivity index (χ0v) is 13.7. The molecule has 0 radical (unpaired) electrons. The van der Waals surface area contributed by atoms with E-state index in [9.17, 15) is 4.79 Å². The maximum atomic E-state index is 12.4. The van der Waals surface area contributed by atoms with Gasteiger partial charge in [0.2, 0.25) is 0 Å². The highest BCUT2D eigenvalue weighted by Gasteiger charge is 2.23. The second kappa shape index (κ2) is 6.54. The number of fused-ring (bicyclic) bond motifs is 1. The molecule has 1 aliphatic rings. The summed E-state index contributed by atoms with van der Waals surface area (Å²) in [5.41, 5.74) is 1.28. The normalized spacial score (nSPS) is 15.7. The Hall–Kier alpha value is -1.79. The van der Waals surface area contributed by atoms with Crippen molar-refractivity contribution in [3.8, 4) is 0 Å². The first-order valence-corrected chi connectivity index (χ1v) is 8.31. The Morgan fingerprint density at radius 1 is 1.50 bits per heavy atom. The van der Waals surface area contributed by atoms with E-state index in [0.717, 1.165) is 18.7 Å². The van der Waals surface area contributed by atoms with Crippen molar-refractivity contribution in [2.45, 2.75) is 19.0 Å². The fourth-order valence-corrected chi connectivity index (χ4v) is 3.63. The average molecular weight is 319 g/mol. The lowest BCUT2D eigenvalue weighted by atomic mass is 10.1. The number of furan rings is 1. The lowest BCUT2D eigenvalue weighted by Gasteiger charge is -2.29. The van der Waals surface area contributed by atoms with Crippen LogP contribution in [-0.4, -0.2) is 43.0 Å². The fraction of sp³-hybridized carbons (Fsp3) is 0.438. The molecule has 0 bridgehead atoms. The highest BCUT2D eigenvalue weighted by Crippen LogP contribution is 2.24. The number of likely N-dealkylation sites (N-methyl/N-ethyl adjacent to an activating group) is 1. The Morgan fingerprint density at radius 2 is 2.36 bits per heavy atom. The van der Waals surface area contributed by atoms with Crippen LogP contribution in [0.3, 0.4) is 0 Å². The second-order valence-corrected chi connectivity index (χ2v) is 6.72. The molecule has 3 rings (SSSR count). The minimum absolute atomic E-state index is 0.00439. The van der Waals surface area contributed by atoms with Crippen molar-refractivity contribution >= 4 is 17.4 Å². The molecule has 0 fully saturated rings. The van der Waals surface area contributed by atoms with Crippen molar-refractivity contribution < 1.29 is 9.21 Å². The van der Waals surface area contributed by atoms with Gasteiger partial charge in [0.05, 0.1) is 12.3 Å². The molecule has 3 heterocycles. The van der Waals surface area contributed by atoms with Gasteiger partial charge in [-0.05, 0) is 49.7 Å². The third kappa shape index (κ3) is 3.18. The Kier molecular flexibility index (Phi) is 4.49. The predicted octanol–water partition coefficient (Wildman–Crippen LogP) is 2.71. The third-order valence-electron chi connectivity index (χ3n) is 4.04. The van der Waals surface area contributed by atoms with Crippen molar-refractivity contribution in [3.05, 3.63) is 46.0 Å². The highest BCUT2D eigenvalue weighted by molar-refractivity contribution is 7.10. The molecule has 1 unspecified atom stereocenters. The second-order valence-electron chi connectivity index (χ2n) is 5.72. The Balaban J connectivity index is 1.58. The number of carbonyl (C=O) groups is 1. The van der Waals surface area contributed by atoms with Crippen LogP contribution in [0.25, 0.3) is 0 Å². The van der Waals surface area contributed by atoms with Crippen LogP contribution >= 0.6 is 11.3 Å². The zero-order valence-electron chi connectivity index (χ0n) is 12.9. The van der Waals surface area contributed by atoms with E-state index in [4.69, 9.17) is 4.42 Å². The molecule has 2 aromatic heterocycles. The maximum absolute atomic E-state index is 12.4. The van der Waals surface area contributed by atoms with Gasteiger partial charge in [-0.2, -0.15) is 0 Å². The van der Waals surface area contributed by atoms with Gasteiger partial charge < -0.3 is 14.6 Å². The van der Waals surface area contributed by atoms with Crippen LogP contribution in [0.5, 0.6) is 0 Å². The monoisotopic (exact) mass is 319 g/mol. The first kappa shape index (κ1) is 15.1. The Morgan fingerprint density at radius 3 is 3.09 bits per heavy atom. The van der Waals surface area contributed by atoms with Crippen LogP contribution in [0.2, 0.25) is 0 Å². The van der Waals surface area contributed by atoms with E-state index in [1.165, 1.54) is 10.4 Å². The quantitative estimate of drug-likeness (QED) is 0.942. The molecule has 1 N–H and O–H groups in total. The van der Waals surface area contributed by atoms with Gasteiger partial charge in [0, 0.05) is 24.5 Å². The first-order valence-electron chi connectivity index (χ1n) is 7.43. The largest absolute Gasteiger partial charge is 0.468 e. The summed E-state index contributed by atoms with van der Waals surface area (Å²) in [7, 11) is 3.97. The number of nitrogens with zero attached hydrogens (tertiary/aromatic N) is 2. The van der Waals surface area contributed by atoms with E-state index in [-0.39, 0.29) is 12.1 Å². The zero-order chi connectivity index (χ0) is 15.5. The molecule has 0 aliphatic carbocycles. The van der Waals surface area contributed by atoms with E-state index < -0.39 is 0 Å². The molecule has 5 nitrogen and oxygen atoms in total. The van der Waals surface area contributed by atoms with Gasteiger partial charge in [-0.25, -0.2) is 4.79 Å². The van der Waals surface area contributed by atoms with E-state index in [2.05, 4.69) is 16.8 Å². The lowest BCUT2D eigenvalue weighted by Crippen LogP contribution is -2.44. The summed E-state index contributed by atoms with van der Waals surface area (Å²) in [5, 5.41) is 5.14. The minimum Gasteiger partial charge on any atom is -0.468 e. The van der Waals surface area contributed by atoms with Crippen LogP contribution in [0.1, 0.15) is 22.2 Å². The molecule has 22 heavy (non-hydrogen) atoms. The average Bonchev–Trinajstić information content (AvgIpc) is 3.17. The van der Waals surface area contributed by atoms with Crippen molar-refractivity contribution in [2.24, 2.45) is 0 Å². The standard InChI is InChI=1S/C16H21N3O2S/c1-18(2)13(14-4-3-8-21-14)10-17-16(20)19-7-5-15-12(11-19)6-9-22-15/h3-4,6,8-9,13H,5,7,10-11H2,1-2H3,(H,17,20). The van der Waals surface area contributed by atoms with Crippen LogP contribution < -0.4 is 5.32 Å². The number of amides is 2. The summed E-state index contributed by atoms with van der Waals surface area (Å²) in [5.74, 6) is 0.865. The summed E-state index contributed by atoms with van der Waals surface area (Å²) < 4.78 is 5.47. The molecule has 2 aromatic rings. The third-order valence-corrected chi connectivity index (χ3v) is 5.06. The van der Waals surface area contributed by atoms with E-state index in [0.29, 0.717) is 13.1 Å². The molecule has 1 aliphatic heterocycles. The molecule has 118 valence electrons. The topological polar surface area (TPSA) is 48.7 Å². The molecule has 0 spiro atoms. The molecular formula is C16H21N3O2S. The molecule has 6 heteroatoms. The number of rotatable bonds is 4. The molecule has 0 saturated heterocycles. The number of carbonyl (C=O) groups excluding carboxylic acids is 1. The van der Waals surface area contributed by atoms with Gasteiger partial charge >= 0.3 is 6.03 Å². The minimum atomic E-state index is -0.00439. The van der Waals surface area contributed by atoms with Gasteiger partial charge in [0.15, 0.2) is 0 Å². The predicted molar refractivity (Wildman–Crippen MR) is 87.0 cm³/mol. The van der Waals surface area contributed by atoms with Gasteiger partial charge in [0.1, 0.15) is 5.76 Å². The van der Waals surface area contributed by atoms with Crippen LogP contribution in [0, 0.1) is 0 Å². The summed E-state index contributed by atoms with van der Waals surface area (Å²) in [4.78, 5) is 17.7. The summed E-state index contributed by atoms with van der Waals surface area (Å²) >= 11 is 1.78. The molecular weight excluding hydrogens is 298 g/mol. The van der Waals surface area contributed by atoms with Gasteiger partial charge in [0.25, 0.3) is 0 Å². The SMILES string of the molecule is CN(C)C(CNC(=O)N1CCc2sccc2C1)c1ccco1. The van der Waals surface area contributed by atoms with Crippen molar-refractivity contribution in [1.29, 1.82) is 0 Å². The first-order chi connectivity index (χ1) is 10.6. The lowest BCUT2D eigenvalue weighted by molar-refractivity contribution is 0.185. The summed E-state index contributed by atoms with van der Waals surface area (Å²) in [6, 6.07) is 5.96. The summed E-state index contributed by atoms with van der Waals surface area (Å²) in [6.07, 6.45) is 2.62. The van der Waals surface area contributed by atoms with Gasteiger partial charge in [-0.1, -0.05) is 0 Å². The van der Waals surface area contributed by atoms with E-state index in [1.807, 2.05) is 36.0 Å². The maximum Gasteiger partial charge on any atom is 0.317 e. The Labute approximate surface area is 134 Å². The van der Waals surface area contributed by atoms with Crippen molar-refractivity contribution in [1.82, 2.24) is 15.1 Å².